The summed E-state index contributed by atoms with van der Waals surface area (Å²) in [7, 11) is 0. The molecule has 1 aromatic heterocycles. The van der Waals surface area contributed by atoms with Crippen LogP contribution in [0.4, 0.5) is 14.6 Å². The predicted molar refractivity (Wildman–Crippen MR) is 213 cm³/mol. The number of benzene rings is 5. The van der Waals surface area contributed by atoms with Crippen molar-refractivity contribution in [2.24, 2.45) is 0 Å². The van der Waals surface area contributed by atoms with Gasteiger partial charge < -0.3 is 29.0 Å². The third kappa shape index (κ3) is 10.3. The number of halogens is 2. The van der Waals surface area contributed by atoms with Gasteiger partial charge in [0.1, 0.15) is 24.1 Å². The van der Waals surface area contributed by atoms with Crippen LogP contribution in [0.1, 0.15) is 38.8 Å². The smallest absolute Gasteiger partial charge is 0.351 e. The van der Waals surface area contributed by atoms with Gasteiger partial charge in [0.25, 0.3) is 5.91 Å². The van der Waals surface area contributed by atoms with Crippen molar-refractivity contribution in [2.45, 2.75) is 63.0 Å². The number of carbonyl (C=O) groups is 1. The zero-order chi connectivity index (χ0) is 40.2. The molecule has 1 fully saturated rings. The molecule has 6 aromatic rings. The molecule has 1 amide bonds. The van der Waals surface area contributed by atoms with Gasteiger partial charge in [0.05, 0.1) is 33.0 Å². The summed E-state index contributed by atoms with van der Waals surface area (Å²) in [5, 5.41) is 2.56. The molecule has 2 heterocycles. The average Bonchev–Trinajstić information content (AvgIpc) is 3.34. The van der Waals surface area contributed by atoms with Crippen molar-refractivity contribution in [3.8, 4) is 0 Å². The van der Waals surface area contributed by atoms with Gasteiger partial charge >= 0.3 is 11.6 Å². The Bertz CT molecular complexity index is 2230. The summed E-state index contributed by atoms with van der Waals surface area (Å²) in [6, 6.07) is 46.4. The second-order valence-corrected chi connectivity index (χ2v) is 13.8. The van der Waals surface area contributed by atoms with Crippen molar-refractivity contribution in [3.63, 3.8) is 0 Å². The van der Waals surface area contributed by atoms with E-state index in [0.717, 1.165) is 22.9 Å². The highest BCUT2D eigenvalue weighted by atomic mass is 19.3. The molecule has 0 spiro atoms. The second-order valence-electron chi connectivity index (χ2n) is 13.8. The minimum absolute atomic E-state index is 0.0220. The van der Waals surface area contributed by atoms with Crippen molar-refractivity contribution in [1.82, 2.24) is 9.55 Å². The normalized spacial score (nSPS) is 20.2. The molecule has 1 aliphatic rings. The van der Waals surface area contributed by atoms with E-state index in [2.05, 4.69) is 10.3 Å². The number of hydrogen-bond acceptors (Lipinski definition) is 8. The van der Waals surface area contributed by atoms with Crippen LogP contribution in [0.2, 0.25) is 0 Å². The molecule has 0 bridgehead atoms. The van der Waals surface area contributed by atoms with E-state index in [-0.39, 0.29) is 38.9 Å². The molecule has 0 radical (unpaired) electrons. The molecule has 1 saturated heterocycles. The Morgan fingerprint density at radius 3 is 1.62 bits per heavy atom. The van der Waals surface area contributed by atoms with Crippen molar-refractivity contribution in [3.05, 3.63) is 202 Å². The highest BCUT2D eigenvalue weighted by Gasteiger charge is 2.61. The van der Waals surface area contributed by atoms with Gasteiger partial charge in [0.2, 0.25) is 6.23 Å². The minimum atomic E-state index is -3.95. The zero-order valence-electron chi connectivity index (χ0n) is 31.5. The molecule has 5 atom stereocenters. The number of ether oxygens (including phenoxy) is 5. The van der Waals surface area contributed by atoms with E-state index in [0.29, 0.717) is 15.7 Å². The van der Waals surface area contributed by atoms with Crippen LogP contribution in [-0.4, -0.2) is 52.4 Å². The van der Waals surface area contributed by atoms with Crippen LogP contribution in [0, 0.1) is 0 Å². The van der Waals surface area contributed by atoms with Gasteiger partial charge in [-0.25, -0.2) is 4.79 Å². The Labute approximate surface area is 335 Å². The van der Waals surface area contributed by atoms with Gasteiger partial charge in [-0.15, -0.1) is 0 Å². The predicted octanol–water partition coefficient (Wildman–Crippen LogP) is 8.00. The number of amides is 1. The van der Waals surface area contributed by atoms with E-state index >= 15 is 8.78 Å². The maximum absolute atomic E-state index is 17.7. The number of hydrogen-bond donors (Lipinski definition) is 1. The quantitative estimate of drug-likeness (QED) is 0.105. The van der Waals surface area contributed by atoms with Crippen LogP contribution in [0.25, 0.3) is 0 Å². The fraction of sp³-hybridized carbons (Fsp3) is 0.239. The highest BCUT2D eigenvalue weighted by molar-refractivity contribution is 6.03. The summed E-state index contributed by atoms with van der Waals surface area (Å²) < 4.78 is 67.9. The summed E-state index contributed by atoms with van der Waals surface area (Å²) >= 11 is 0. The molecule has 1 N–H and O–H groups in total. The van der Waals surface area contributed by atoms with Crippen LogP contribution < -0.4 is 11.0 Å². The number of anilines is 1. The monoisotopic (exact) mass is 787 g/mol. The first kappa shape index (κ1) is 40.3. The molecule has 12 heteroatoms. The third-order valence-corrected chi connectivity index (χ3v) is 9.60. The van der Waals surface area contributed by atoms with E-state index in [4.69, 9.17) is 23.7 Å². The maximum Gasteiger partial charge on any atom is 0.351 e. The highest BCUT2D eigenvalue weighted by Crippen LogP contribution is 2.43. The molecule has 7 rings (SSSR count). The van der Waals surface area contributed by atoms with Gasteiger partial charge in [0, 0.05) is 11.8 Å². The fourth-order valence-electron chi connectivity index (χ4n) is 6.65. The Morgan fingerprint density at radius 1 is 0.638 bits per heavy atom. The molecule has 0 unspecified atom stereocenters. The van der Waals surface area contributed by atoms with E-state index in [1.165, 1.54) is 6.07 Å². The molecule has 0 saturated carbocycles. The summed E-state index contributed by atoms with van der Waals surface area (Å²) in [6.07, 6.45) is -7.05. The third-order valence-electron chi connectivity index (χ3n) is 9.60. The molecular weight excluding hydrogens is 745 g/mol. The lowest BCUT2D eigenvalue weighted by atomic mass is 9.98. The van der Waals surface area contributed by atoms with E-state index in [1.807, 2.05) is 97.1 Å². The molecular formula is C46H43F2N3O7. The zero-order valence-corrected chi connectivity index (χ0v) is 31.5. The Morgan fingerprint density at radius 2 is 1.10 bits per heavy atom. The second kappa shape index (κ2) is 19.5. The van der Waals surface area contributed by atoms with Crippen molar-refractivity contribution in [2.75, 3.05) is 11.9 Å². The standard InChI is InChI=1S/C46H43F2N3O7/c47-46(48)42(57-31-36-22-12-4-13-23-36)41(56-30-35-20-10-3-11-21-35)40(55-29-34-18-8-2-9-19-34)38(32-54-28-33-16-6-1-7-17-33)58-44(46)51-27-26-39(50-45(51)53)49-43(52)37-24-14-5-15-25-37/h1-27,38,40-42,44H,28-32H2,(H,49,50,52,53)/t38-,40+,41+,42-,44-/m1/s1. The van der Waals surface area contributed by atoms with E-state index < -0.39 is 48.2 Å². The number of alkyl halides is 2. The van der Waals surface area contributed by atoms with Gasteiger partial charge in [-0.2, -0.15) is 13.8 Å². The number of rotatable bonds is 16. The van der Waals surface area contributed by atoms with Crippen LogP contribution in [0.5, 0.6) is 0 Å². The molecule has 5 aromatic carbocycles. The number of nitrogens with zero attached hydrogens (tertiary/aromatic N) is 2. The van der Waals surface area contributed by atoms with E-state index in [9.17, 15) is 9.59 Å². The molecule has 298 valence electrons. The SMILES string of the molecule is O=C(Nc1ccn([C@@H]2O[C@H](COCc3ccccc3)[C@H](OCc3ccccc3)[C@H](OCc3ccccc3)[C@@H](OCc3ccccc3)C2(F)F)c(=O)n1)c1ccccc1. The van der Waals surface area contributed by atoms with Gasteiger partial charge in [0.15, 0.2) is 6.10 Å². The Kier molecular flexibility index (Phi) is 13.6. The average molecular weight is 788 g/mol. The number of aromatic nitrogens is 2. The maximum atomic E-state index is 17.7. The van der Waals surface area contributed by atoms with Crippen molar-refractivity contribution in [1.29, 1.82) is 0 Å². The van der Waals surface area contributed by atoms with Crippen molar-refractivity contribution >= 4 is 11.7 Å². The van der Waals surface area contributed by atoms with Crippen LogP contribution >= 0.6 is 0 Å². The topological polar surface area (TPSA) is 110 Å². The number of nitrogens with one attached hydrogen (secondary N) is 1. The number of carbonyl (C=O) groups excluding carboxylic acids is 1. The summed E-state index contributed by atoms with van der Waals surface area (Å²) in [5.41, 5.74) is 2.26. The lowest BCUT2D eigenvalue weighted by Crippen LogP contribution is -2.54. The fourth-order valence-corrected chi connectivity index (χ4v) is 6.65. The first-order valence-electron chi connectivity index (χ1n) is 18.9. The van der Waals surface area contributed by atoms with Crippen molar-refractivity contribution < 1.29 is 37.3 Å². The summed E-state index contributed by atoms with van der Waals surface area (Å²) in [5.74, 6) is -4.60. The minimum Gasteiger partial charge on any atom is -0.374 e. The lowest BCUT2D eigenvalue weighted by Gasteiger charge is -2.36. The Hall–Kier alpha value is -5.89. The Balaban J connectivity index is 1.29. The largest absolute Gasteiger partial charge is 0.374 e. The van der Waals surface area contributed by atoms with Crippen LogP contribution in [0.3, 0.4) is 0 Å². The molecule has 1 aliphatic heterocycles. The lowest BCUT2D eigenvalue weighted by molar-refractivity contribution is -0.252. The first-order chi connectivity index (χ1) is 28.3. The molecule has 58 heavy (non-hydrogen) atoms. The van der Waals surface area contributed by atoms with Gasteiger partial charge in [-0.3, -0.25) is 9.36 Å². The van der Waals surface area contributed by atoms with Crippen LogP contribution in [0.15, 0.2) is 169 Å². The molecule has 10 nitrogen and oxygen atoms in total. The molecule has 0 aliphatic carbocycles. The van der Waals surface area contributed by atoms with Crippen LogP contribution in [-0.2, 0) is 50.1 Å². The first-order valence-corrected chi connectivity index (χ1v) is 18.9. The van der Waals surface area contributed by atoms with Gasteiger partial charge in [-0.05, 0) is 40.5 Å². The van der Waals surface area contributed by atoms with Gasteiger partial charge in [-0.1, -0.05) is 140 Å². The summed E-state index contributed by atoms with van der Waals surface area (Å²) in [4.78, 5) is 30.6. The van der Waals surface area contributed by atoms with E-state index in [1.54, 1.807) is 54.6 Å². The summed E-state index contributed by atoms with van der Waals surface area (Å²) in [6.45, 7) is -0.318.